The summed E-state index contributed by atoms with van der Waals surface area (Å²) in [5, 5.41) is 3.37. The number of nitrogens with one attached hydrogen (secondary N) is 1. The lowest BCUT2D eigenvalue weighted by Gasteiger charge is -2.15. The first-order valence-corrected chi connectivity index (χ1v) is 6.22. The lowest BCUT2D eigenvalue weighted by atomic mass is 10.2. The van der Waals surface area contributed by atoms with Crippen molar-refractivity contribution in [2.75, 3.05) is 46.7 Å². The highest BCUT2D eigenvalue weighted by molar-refractivity contribution is 4.61. The van der Waals surface area contributed by atoms with E-state index in [1.807, 2.05) is 0 Å². The van der Waals surface area contributed by atoms with Crippen LogP contribution in [0.3, 0.4) is 0 Å². The van der Waals surface area contributed by atoms with Gasteiger partial charge in [-0.25, -0.2) is 0 Å². The summed E-state index contributed by atoms with van der Waals surface area (Å²) in [7, 11) is 1.70. The van der Waals surface area contributed by atoms with Gasteiger partial charge >= 0.3 is 0 Å². The minimum Gasteiger partial charge on any atom is -0.385 e. The van der Waals surface area contributed by atoms with Crippen molar-refractivity contribution < 1.29 is 14.2 Å². The normalized spacial score (nSPS) is 12.9. The number of likely N-dealkylation sites (N-methyl/N-ethyl adjacent to an activating group) is 1. The summed E-state index contributed by atoms with van der Waals surface area (Å²) in [5.74, 6) is 0. The number of hydrogen-bond acceptors (Lipinski definition) is 4. The molecule has 1 N–H and O–H groups in total. The van der Waals surface area contributed by atoms with Gasteiger partial charge in [-0.15, -0.1) is 0 Å². The van der Waals surface area contributed by atoms with E-state index >= 15 is 0 Å². The van der Waals surface area contributed by atoms with Crippen molar-refractivity contribution in [3.05, 3.63) is 0 Å². The van der Waals surface area contributed by atoms with E-state index in [1.54, 1.807) is 7.11 Å². The molecule has 0 radical (unpaired) electrons. The molecular weight excluding hydrogens is 206 g/mol. The highest BCUT2D eigenvalue weighted by atomic mass is 16.5. The van der Waals surface area contributed by atoms with Crippen LogP contribution in [0, 0.1) is 0 Å². The first-order chi connectivity index (χ1) is 7.85. The average molecular weight is 233 g/mol. The van der Waals surface area contributed by atoms with Gasteiger partial charge in [0.15, 0.2) is 0 Å². The zero-order valence-electron chi connectivity index (χ0n) is 11.0. The van der Waals surface area contributed by atoms with Gasteiger partial charge in [0, 0.05) is 26.4 Å². The molecule has 4 nitrogen and oxygen atoms in total. The van der Waals surface area contributed by atoms with Crippen molar-refractivity contribution in [2.45, 2.75) is 32.7 Å². The summed E-state index contributed by atoms with van der Waals surface area (Å²) >= 11 is 0. The third-order valence-corrected chi connectivity index (χ3v) is 2.31. The molecule has 0 amide bonds. The molecule has 0 fully saturated rings. The zero-order chi connectivity index (χ0) is 12.1. The van der Waals surface area contributed by atoms with E-state index in [0.717, 1.165) is 39.2 Å². The van der Waals surface area contributed by atoms with Crippen molar-refractivity contribution in [3.8, 4) is 0 Å². The summed E-state index contributed by atoms with van der Waals surface area (Å²) in [6, 6.07) is 0.471. The summed E-state index contributed by atoms with van der Waals surface area (Å²) < 4.78 is 15.8. The maximum Gasteiger partial charge on any atom is 0.0701 e. The summed E-state index contributed by atoms with van der Waals surface area (Å²) in [6.07, 6.45) is 2.05. The minimum atomic E-state index is 0.471. The van der Waals surface area contributed by atoms with Gasteiger partial charge in [0.2, 0.25) is 0 Å². The molecule has 4 heteroatoms. The van der Waals surface area contributed by atoms with Gasteiger partial charge in [0.1, 0.15) is 0 Å². The Hall–Kier alpha value is -0.160. The molecule has 0 aliphatic carbocycles. The Morgan fingerprint density at radius 1 is 1.00 bits per heavy atom. The molecule has 0 bridgehead atoms. The number of rotatable bonds is 12. The molecule has 0 aromatic heterocycles. The Bertz CT molecular complexity index is 133. The van der Waals surface area contributed by atoms with Crippen LogP contribution in [0.1, 0.15) is 26.7 Å². The maximum absolute atomic E-state index is 5.53. The van der Waals surface area contributed by atoms with Crippen LogP contribution in [0.5, 0.6) is 0 Å². The molecule has 1 atom stereocenters. The first-order valence-electron chi connectivity index (χ1n) is 6.22. The zero-order valence-corrected chi connectivity index (χ0v) is 11.0. The van der Waals surface area contributed by atoms with Crippen molar-refractivity contribution in [1.29, 1.82) is 0 Å². The smallest absolute Gasteiger partial charge is 0.0701 e. The van der Waals surface area contributed by atoms with E-state index in [1.165, 1.54) is 0 Å². The van der Waals surface area contributed by atoms with Gasteiger partial charge < -0.3 is 19.5 Å². The highest BCUT2D eigenvalue weighted by Gasteiger charge is 2.03. The predicted octanol–water partition coefficient (Wildman–Crippen LogP) is 1.44. The molecule has 0 saturated carbocycles. The van der Waals surface area contributed by atoms with Gasteiger partial charge in [0.05, 0.1) is 19.8 Å². The lowest BCUT2D eigenvalue weighted by molar-refractivity contribution is 0.0324. The van der Waals surface area contributed by atoms with Crippen LogP contribution in [0.25, 0.3) is 0 Å². The van der Waals surface area contributed by atoms with Crippen LogP contribution < -0.4 is 5.32 Å². The van der Waals surface area contributed by atoms with Gasteiger partial charge in [-0.1, -0.05) is 13.8 Å². The number of methoxy groups -OCH3 is 1. The van der Waals surface area contributed by atoms with E-state index in [-0.39, 0.29) is 0 Å². The molecule has 0 heterocycles. The van der Waals surface area contributed by atoms with Gasteiger partial charge in [-0.2, -0.15) is 0 Å². The Kier molecular flexibility index (Phi) is 12.8. The van der Waals surface area contributed by atoms with E-state index in [9.17, 15) is 0 Å². The summed E-state index contributed by atoms with van der Waals surface area (Å²) in [6.45, 7) is 8.91. The second-order valence-corrected chi connectivity index (χ2v) is 3.70. The Labute approximate surface area is 99.6 Å². The van der Waals surface area contributed by atoms with Crippen LogP contribution in [0.4, 0.5) is 0 Å². The van der Waals surface area contributed by atoms with Crippen molar-refractivity contribution in [1.82, 2.24) is 5.32 Å². The van der Waals surface area contributed by atoms with Crippen molar-refractivity contribution >= 4 is 0 Å². The average Bonchev–Trinajstić information content (AvgIpc) is 2.31. The molecule has 0 rings (SSSR count). The predicted molar refractivity (Wildman–Crippen MR) is 65.9 cm³/mol. The van der Waals surface area contributed by atoms with E-state index < -0.39 is 0 Å². The molecular formula is C12H27NO3. The van der Waals surface area contributed by atoms with Crippen LogP contribution in [0.15, 0.2) is 0 Å². The fourth-order valence-corrected chi connectivity index (χ4v) is 1.36. The lowest BCUT2D eigenvalue weighted by Crippen LogP contribution is -2.33. The Morgan fingerprint density at radius 3 is 2.38 bits per heavy atom. The largest absolute Gasteiger partial charge is 0.385 e. The molecule has 1 unspecified atom stereocenters. The third-order valence-electron chi connectivity index (χ3n) is 2.31. The Balaban J connectivity index is 3.12. The number of ether oxygens (including phenoxy) is 3. The van der Waals surface area contributed by atoms with Gasteiger partial charge in [-0.05, 0) is 19.4 Å². The summed E-state index contributed by atoms with van der Waals surface area (Å²) in [4.78, 5) is 0. The molecule has 0 aliphatic heterocycles. The number of hydrogen-bond donors (Lipinski definition) is 1. The van der Waals surface area contributed by atoms with Crippen LogP contribution in [0.2, 0.25) is 0 Å². The van der Waals surface area contributed by atoms with E-state index in [2.05, 4.69) is 19.2 Å². The fourth-order valence-electron chi connectivity index (χ4n) is 1.36. The van der Waals surface area contributed by atoms with Crippen LogP contribution in [-0.4, -0.2) is 52.7 Å². The van der Waals surface area contributed by atoms with E-state index in [4.69, 9.17) is 14.2 Å². The third kappa shape index (κ3) is 10.4. The van der Waals surface area contributed by atoms with Crippen LogP contribution in [-0.2, 0) is 14.2 Å². The van der Waals surface area contributed by atoms with E-state index in [0.29, 0.717) is 19.3 Å². The topological polar surface area (TPSA) is 39.7 Å². The molecule has 0 saturated heterocycles. The fraction of sp³-hybridized carbons (Fsp3) is 1.00. The monoisotopic (exact) mass is 233 g/mol. The molecule has 16 heavy (non-hydrogen) atoms. The molecule has 0 spiro atoms. The second-order valence-electron chi connectivity index (χ2n) is 3.70. The molecule has 0 aromatic rings. The standard InChI is InChI=1S/C12H27NO3/c1-4-12(13-5-2)11-16-10-9-15-8-6-7-14-3/h12-13H,4-11H2,1-3H3. The van der Waals surface area contributed by atoms with Gasteiger partial charge in [-0.3, -0.25) is 0 Å². The second kappa shape index (κ2) is 12.9. The molecule has 0 aromatic carbocycles. The highest BCUT2D eigenvalue weighted by Crippen LogP contribution is 1.92. The quantitative estimate of drug-likeness (QED) is 0.518. The van der Waals surface area contributed by atoms with Gasteiger partial charge in [0.25, 0.3) is 0 Å². The Morgan fingerprint density at radius 2 is 1.75 bits per heavy atom. The maximum atomic E-state index is 5.53. The minimum absolute atomic E-state index is 0.471. The van der Waals surface area contributed by atoms with Crippen LogP contribution >= 0.6 is 0 Å². The first kappa shape index (κ1) is 15.8. The molecule has 98 valence electrons. The molecule has 0 aliphatic rings. The summed E-state index contributed by atoms with van der Waals surface area (Å²) in [5.41, 5.74) is 0. The SMILES string of the molecule is CCNC(CC)COCCOCCCOC. The van der Waals surface area contributed by atoms with Crippen molar-refractivity contribution in [2.24, 2.45) is 0 Å². The van der Waals surface area contributed by atoms with Crippen molar-refractivity contribution in [3.63, 3.8) is 0 Å².